The molecular weight excluding hydrogens is 456 g/mol. The van der Waals surface area contributed by atoms with Crippen molar-refractivity contribution in [3.8, 4) is 0 Å². The van der Waals surface area contributed by atoms with Gasteiger partial charge >= 0.3 is 0 Å². The standard InChI is InChI=1S/C24H24N4O5S/c1-19(15-16-20-9-4-2-5-10-20)25-26-24(29)18-27(21-11-8-12-22(17-21)28(30)31)34(32,33)23-13-6-3-7-14-23/h2-14,17H,15-16,18H2,1H3,(H,26,29)/b25-19-. The number of hydrogen-bond acceptors (Lipinski definition) is 6. The fraction of sp³-hybridized carbons (Fsp3) is 0.167. The van der Waals surface area contributed by atoms with Crippen LogP contribution in [0.3, 0.4) is 0 Å². The van der Waals surface area contributed by atoms with Crippen molar-refractivity contribution < 1.29 is 18.1 Å². The first-order valence-electron chi connectivity index (χ1n) is 10.5. The molecule has 10 heteroatoms. The van der Waals surface area contributed by atoms with Crippen LogP contribution in [0, 0.1) is 10.1 Å². The van der Waals surface area contributed by atoms with E-state index in [0.717, 1.165) is 22.4 Å². The largest absolute Gasteiger partial charge is 0.271 e. The molecule has 0 aliphatic rings. The molecule has 0 aliphatic heterocycles. The summed E-state index contributed by atoms with van der Waals surface area (Å²) in [5.74, 6) is -0.676. The number of hydrazone groups is 1. The summed E-state index contributed by atoms with van der Waals surface area (Å²) >= 11 is 0. The van der Waals surface area contributed by atoms with Crippen LogP contribution in [0.5, 0.6) is 0 Å². The third-order valence-corrected chi connectivity index (χ3v) is 6.72. The van der Waals surface area contributed by atoms with Crippen molar-refractivity contribution in [1.29, 1.82) is 0 Å². The lowest BCUT2D eigenvalue weighted by molar-refractivity contribution is -0.384. The van der Waals surface area contributed by atoms with Gasteiger partial charge in [0.15, 0.2) is 0 Å². The van der Waals surface area contributed by atoms with Gasteiger partial charge in [-0.1, -0.05) is 54.6 Å². The average Bonchev–Trinajstić information content (AvgIpc) is 2.86. The van der Waals surface area contributed by atoms with Gasteiger partial charge < -0.3 is 0 Å². The number of nitrogens with one attached hydrogen (secondary N) is 1. The number of sulfonamides is 1. The summed E-state index contributed by atoms with van der Waals surface area (Å²) in [6.07, 6.45) is 1.36. The van der Waals surface area contributed by atoms with Crippen LogP contribution in [-0.4, -0.2) is 31.5 Å². The van der Waals surface area contributed by atoms with E-state index in [4.69, 9.17) is 0 Å². The number of amides is 1. The van der Waals surface area contributed by atoms with Crippen LogP contribution < -0.4 is 9.73 Å². The van der Waals surface area contributed by atoms with Crippen LogP contribution in [0.4, 0.5) is 11.4 Å². The molecule has 0 heterocycles. The Balaban J connectivity index is 1.79. The zero-order valence-corrected chi connectivity index (χ0v) is 19.3. The lowest BCUT2D eigenvalue weighted by Gasteiger charge is -2.23. The highest BCUT2D eigenvalue weighted by Gasteiger charge is 2.28. The highest BCUT2D eigenvalue weighted by atomic mass is 32.2. The molecule has 0 bridgehead atoms. The van der Waals surface area contributed by atoms with Crippen molar-refractivity contribution in [1.82, 2.24) is 5.43 Å². The van der Waals surface area contributed by atoms with Gasteiger partial charge in [0.25, 0.3) is 21.6 Å². The minimum atomic E-state index is -4.18. The molecule has 0 spiro atoms. The molecule has 0 saturated heterocycles. The number of anilines is 1. The van der Waals surface area contributed by atoms with Gasteiger partial charge in [-0.05, 0) is 43.5 Å². The van der Waals surface area contributed by atoms with Gasteiger partial charge in [0.05, 0.1) is 15.5 Å². The van der Waals surface area contributed by atoms with Crippen LogP contribution in [0.15, 0.2) is 94.9 Å². The molecule has 1 N–H and O–H groups in total. The lowest BCUT2D eigenvalue weighted by atomic mass is 10.1. The van der Waals surface area contributed by atoms with Crippen LogP contribution in [0.25, 0.3) is 0 Å². The van der Waals surface area contributed by atoms with E-state index in [1.165, 1.54) is 30.3 Å². The number of benzene rings is 3. The minimum Gasteiger partial charge on any atom is -0.271 e. The number of nitro groups is 1. The van der Waals surface area contributed by atoms with Crippen molar-refractivity contribution in [3.05, 3.63) is 101 Å². The summed E-state index contributed by atoms with van der Waals surface area (Å²) in [4.78, 5) is 23.2. The molecule has 3 aromatic carbocycles. The molecule has 0 fully saturated rings. The van der Waals surface area contributed by atoms with E-state index >= 15 is 0 Å². The van der Waals surface area contributed by atoms with Crippen molar-refractivity contribution in [2.75, 3.05) is 10.8 Å². The fourth-order valence-electron chi connectivity index (χ4n) is 3.15. The van der Waals surface area contributed by atoms with Crippen LogP contribution in [0.1, 0.15) is 18.9 Å². The smallest absolute Gasteiger partial charge is 0.271 e. The predicted molar refractivity (Wildman–Crippen MR) is 130 cm³/mol. The van der Waals surface area contributed by atoms with E-state index in [1.807, 2.05) is 30.3 Å². The fourth-order valence-corrected chi connectivity index (χ4v) is 4.58. The molecule has 176 valence electrons. The molecule has 0 unspecified atom stereocenters. The first kappa shape index (κ1) is 24.6. The number of non-ortho nitro benzene ring substituents is 1. The molecule has 0 aromatic heterocycles. The number of nitro benzene ring substituents is 1. The SMILES string of the molecule is C/C(CCc1ccccc1)=N/NC(=O)CN(c1cccc([N+](=O)[O-])c1)S(=O)(=O)c1ccccc1. The third kappa shape index (κ3) is 6.48. The van der Waals surface area contributed by atoms with Gasteiger partial charge in [-0.3, -0.25) is 19.2 Å². The number of hydrogen-bond donors (Lipinski definition) is 1. The normalized spacial score (nSPS) is 11.6. The lowest BCUT2D eigenvalue weighted by Crippen LogP contribution is -2.39. The molecule has 0 saturated carbocycles. The first-order chi connectivity index (χ1) is 16.3. The Morgan fingerprint density at radius 3 is 2.29 bits per heavy atom. The maximum absolute atomic E-state index is 13.3. The Kier molecular flexibility index (Phi) is 8.10. The van der Waals surface area contributed by atoms with E-state index in [0.29, 0.717) is 12.1 Å². The monoisotopic (exact) mass is 480 g/mol. The minimum absolute atomic E-state index is 0.00187. The van der Waals surface area contributed by atoms with E-state index < -0.39 is 27.4 Å². The molecule has 3 rings (SSSR count). The summed E-state index contributed by atoms with van der Waals surface area (Å²) in [6, 6.07) is 22.5. The maximum atomic E-state index is 13.3. The van der Waals surface area contributed by atoms with Crippen LogP contribution in [-0.2, 0) is 21.2 Å². The van der Waals surface area contributed by atoms with Crippen LogP contribution >= 0.6 is 0 Å². The molecular formula is C24H24N4O5S. The predicted octanol–water partition coefficient (Wildman–Crippen LogP) is 3.92. The molecule has 34 heavy (non-hydrogen) atoms. The van der Waals surface area contributed by atoms with Gasteiger partial charge in [0, 0.05) is 17.8 Å². The zero-order chi connectivity index (χ0) is 24.6. The molecule has 0 radical (unpaired) electrons. The molecule has 9 nitrogen and oxygen atoms in total. The number of carbonyl (C=O) groups is 1. The van der Waals surface area contributed by atoms with Crippen molar-refractivity contribution in [3.63, 3.8) is 0 Å². The molecule has 0 atom stereocenters. The van der Waals surface area contributed by atoms with E-state index in [-0.39, 0.29) is 16.3 Å². The molecule has 3 aromatic rings. The number of aryl methyl sites for hydroxylation is 1. The van der Waals surface area contributed by atoms with E-state index in [2.05, 4.69) is 10.5 Å². The van der Waals surface area contributed by atoms with Crippen molar-refractivity contribution in [2.45, 2.75) is 24.7 Å². The third-order valence-electron chi connectivity index (χ3n) is 4.94. The van der Waals surface area contributed by atoms with Crippen LogP contribution in [0.2, 0.25) is 0 Å². The highest BCUT2D eigenvalue weighted by molar-refractivity contribution is 7.92. The Morgan fingerprint density at radius 1 is 1.00 bits per heavy atom. The summed E-state index contributed by atoms with van der Waals surface area (Å²) in [5.41, 5.74) is 3.90. The van der Waals surface area contributed by atoms with Gasteiger partial charge in [-0.2, -0.15) is 5.10 Å². The second-order valence-electron chi connectivity index (χ2n) is 7.47. The summed E-state index contributed by atoms with van der Waals surface area (Å²) in [6.45, 7) is 1.16. The second kappa shape index (κ2) is 11.2. The average molecular weight is 481 g/mol. The van der Waals surface area contributed by atoms with Gasteiger partial charge in [-0.25, -0.2) is 13.8 Å². The van der Waals surface area contributed by atoms with Crippen molar-refractivity contribution >= 4 is 33.0 Å². The second-order valence-corrected chi connectivity index (χ2v) is 9.33. The topological polar surface area (TPSA) is 122 Å². The van der Waals surface area contributed by atoms with Gasteiger partial charge in [0.2, 0.25) is 0 Å². The highest BCUT2D eigenvalue weighted by Crippen LogP contribution is 2.26. The zero-order valence-electron chi connectivity index (χ0n) is 18.5. The molecule has 1 amide bonds. The van der Waals surface area contributed by atoms with Gasteiger partial charge in [0.1, 0.15) is 6.54 Å². The maximum Gasteiger partial charge on any atom is 0.271 e. The number of carbonyl (C=O) groups excluding carboxylic acids is 1. The quantitative estimate of drug-likeness (QED) is 0.268. The van der Waals surface area contributed by atoms with E-state index in [9.17, 15) is 23.3 Å². The Hall–Kier alpha value is -4.05. The van der Waals surface area contributed by atoms with Gasteiger partial charge in [-0.15, -0.1) is 0 Å². The Labute approximate surface area is 197 Å². The van der Waals surface area contributed by atoms with E-state index in [1.54, 1.807) is 25.1 Å². The Bertz CT molecular complexity index is 1280. The summed E-state index contributed by atoms with van der Waals surface area (Å²) in [7, 11) is -4.18. The summed E-state index contributed by atoms with van der Waals surface area (Å²) < 4.78 is 27.4. The number of rotatable bonds is 10. The summed E-state index contributed by atoms with van der Waals surface area (Å²) in [5, 5.41) is 15.3. The Morgan fingerprint density at radius 2 is 1.65 bits per heavy atom. The molecule has 0 aliphatic carbocycles. The number of nitrogens with zero attached hydrogens (tertiary/aromatic N) is 3. The first-order valence-corrected chi connectivity index (χ1v) is 11.9. The van der Waals surface area contributed by atoms with Crippen molar-refractivity contribution in [2.24, 2.45) is 5.10 Å².